The number of hydrogen-bond donors (Lipinski definition) is 1. The summed E-state index contributed by atoms with van der Waals surface area (Å²) in [5.74, 6) is -0.0340. The van der Waals surface area contributed by atoms with Gasteiger partial charge in [0, 0.05) is 13.0 Å². The average Bonchev–Trinajstić information content (AvgIpc) is 2.77. The molecule has 0 heterocycles. The predicted octanol–water partition coefficient (Wildman–Crippen LogP) is 7.28. The second kappa shape index (κ2) is 25.6. The first-order chi connectivity index (χ1) is 15.2. The van der Waals surface area contributed by atoms with Crippen molar-refractivity contribution in [3.05, 3.63) is 0 Å². The van der Waals surface area contributed by atoms with E-state index in [1.165, 1.54) is 96.3 Å². The quantitative estimate of drug-likeness (QED) is 0.119. The highest BCUT2D eigenvalue weighted by Gasteiger charge is 2.04. The molecule has 0 aromatic rings. The van der Waals surface area contributed by atoms with E-state index >= 15 is 0 Å². The molecule has 0 saturated carbocycles. The number of carbonyl (C=O) groups is 1. The summed E-state index contributed by atoms with van der Waals surface area (Å²) in [4.78, 5) is 13.9. The van der Waals surface area contributed by atoms with Crippen molar-refractivity contribution in [3.8, 4) is 0 Å². The molecular weight excluding hydrogens is 386 g/mol. The van der Waals surface area contributed by atoms with E-state index in [2.05, 4.69) is 11.8 Å². The van der Waals surface area contributed by atoms with Crippen LogP contribution in [0.15, 0.2) is 0 Å². The van der Waals surface area contributed by atoms with Gasteiger partial charge in [-0.2, -0.15) is 0 Å². The number of aliphatic hydroxyl groups excluding tert-OH is 1. The first kappa shape index (κ1) is 30.4. The Balaban J connectivity index is 3.46. The SMILES string of the molecule is CCCCCCCCCCCCN(CCO)CCCCCCCCCC(=O)OCCC. The maximum atomic E-state index is 11.4. The van der Waals surface area contributed by atoms with Crippen LogP contribution in [-0.2, 0) is 9.53 Å². The van der Waals surface area contributed by atoms with Crippen molar-refractivity contribution in [2.45, 2.75) is 136 Å². The molecule has 0 fully saturated rings. The van der Waals surface area contributed by atoms with Gasteiger partial charge in [-0.25, -0.2) is 0 Å². The number of unbranched alkanes of at least 4 members (excludes halogenated alkanes) is 15. The molecule has 0 saturated heterocycles. The third-order valence-electron chi connectivity index (χ3n) is 6.07. The Hall–Kier alpha value is -0.610. The Morgan fingerprint density at radius 2 is 1.06 bits per heavy atom. The zero-order chi connectivity index (χ0) is 22.8. The highest BCUT2D eigenvalue weighted by Crippen LogP contribution is 2.12. The van der Waals surface area contributed by atoms with E-state index in [1.54, 1.807) is 0 Å². The lowest BCUT2D eigenvalue weighted by molar-refractivity contribution is -0.143. The van der Waals surface area contributed by atoms with Crippen LogP contribution in [0.4, 0.5) is 0 Å². The van der Waals surface area contributed by atoms with E-state index in [9.17, 15) is 9.90 Å². The molecule has 0 rings (SSSR count). The van der Waals surface area contributed by atoms with E-state index < -0.39 is 0 Å². The first-order valence-corrected chi connectivity index (χ1v) is 13.7. The summed E-state index contributed by atoms with van der Waals surface area (Å²) in [5.41, 5.74) is 0. The minimum Gasteiger partial charge on any atom is -0.466 e. The fourth-order valence-corrected chi connectivity index (χ4v) is 4.08. The van der Waals surface area contributed by atoms with E-state index in [0.29, 0.717) is 13.0 Å². The molecule has 0 amide bonds. The normalized spacial score (nSPS) is 11.4. The summed E-state index contributed by atoms with van der Waals surface area (Å²) in [6.07, 6.45) is 23.7. The molecule has 4 heteroatoms. The molecule has 1 N–H and O–H groups in total. The van der Waals surface area contributed by atoms with Crippen LogP contribution >= 0.6 is 0 Å². The Labute approximate surface area is 194 Å². The first-order valence-electron chi connectivity index (χ1n) is 13.7. The smallest absolute Gasteiger partial charge is 0.305 e. The van der Waals surface area contributed by atoms with Crippen LogP contribution in [0.2, 0.25) is 0 Å². The monoisotopic (exact) mass is 441 g/mol. The zero-order valence-corrected chi connectivity index (χ0v) is 21.2. The fraction of sp³-hybridized carbons (Fsp3) is 0.963. The van der Waals surface area contributed by atoms with Crippen molar-refractivity contribution in [1.29, 1.82) is 0 Å². The van der Waals surface area contributed by atoms with E-state index in [-0.39, 0.29) is 12.6 Å². The minimum atomic E-state index is -0.0340. The maximum absolute atomic E-state index is 11.4. The van der Waals surface area contributed by atoms with Crippen LogP contribution in [0.25, 0.3) is 0 Å². The summed E-state index contributed by atoms with van der Waals surface area (Å²) in [7, 11) is 0. The number of esters is 1. The summed E-state index contributed by atoms with van der Waals surface area (Å²) >= 11 is 0. The number of aliphatic hydroxyl groups is 1. The maximum Gasteiger partial charge on any atom is 0.305 e. The van der Waals surface area contributed by atoms with Crippen LogP contribution in [0.5, 0.6) is 0 Å². The van der Waals surface area contributed by atoms with E-state index in [0.717, 1.165) is 38.9 Å². The van der Waals surface area contributed by atoms with Crippen LogP contribution in [0, 0.1) is 0 Å². The molecule has 0 aromatic carbocycles. The van der Waals surface area contributed by atoms with Gasteiger partial charge in [-0.1, -0.05) is 104 Å². The molecule has 31 heavy (non-hydrogen) atoms. The zero-order valence-electron chi connectivity index (χ0n) is 21.2. The summed E-state index contributed by atoms with van der Waals surface area (Å²) < 4.78 is 5.10. The average molecular weight is 442 g/mol. The van der Waals surface area contributed by atoms with Crippen molar-refractivity contribution in [3.63, 3.8) is 0 Å². The van der Waals surface area contributed by atoms with Crippen molar-refractivity contribution >= 4 is 5.97 Å². The number of rotatable bonds is 25. The highest BCUT2D eigenvalue weighted by molar-refractivity contribution is 5.69. The van der Waals surface area contributed by atoms with Gasteiger partial charge in [-0.05, 0) is 38.8 Å². The molecule has 0 aromatic heterocycles. The Morgan fingerprint density at radius 1 is 0.613 bits per heavy atom. The molecule has 0 atom stereocenters. The van der Waals surface area contributed by atoms with Crippen LogP contribution < -0.4 is 0 Å². The third kappa shape index (κ3) is 23.9. The largest absolute Gasteiger partial charge is 0.466 e. The molecule has 0 unspecified atom stereocenters. The van der Waals surface area contributed by atoms with Gasteiger partial charge in [0.05, 0.1) is 13.2 Å². The molecule has 0 aliphatic heterocycles. The number of nitrogens with zero attached hydrogens (tertiary/aromatic N) is 1. The van der Waals surface area contributed by atoms with Gasteiger partial charge in [0.25, 0.3) is 0 Å². The van der Waals surface area contributed by atoms with Gasteiger partial charge >= 0.3 is 5.97 Å². The summed E-state index contributed by atoms with van der Waals surface area (Å²) in [6.45, 7) is 8.23. The second-order valence-corrected chi connectivity index (χ2v) is 9.19. The molecule has 0 aliphatic rings. The van der Waals surface area contributed by atoms with Gasteiger partial charge < -0.3 is 14.7 Å². The molecular formula is C27H55NO3. The fourth-order valence-electron chi connectivity index (χ4n) is 4.08. The van der Waals surface area contributed by atoms with Crippen molar-refractivity contribution in [2.24, 2.45) is 0 Å². The lowest BCUT2D eigenvalue weighted by Crippen LogP contribution is -2.29. The summed E-state index contributed by atoms with van der Waals surface area (Å²) in [6, 6.07) is 0. The topological polar surface area (TPSA) is 49.8 Å². The van der Waals surface area contributed by atoms with Crippen LogP contribution in [-0.4, -0.2) is 48.8 Å². The number of carbonyl (C=O) groups excluding carboxylic acids is 1. The van der Waals surface area contributed by atoms with E-state index in [4.69, 9.17) is 4.74 Å². The molecule has 0 radical (unpaired) electrons. The summed E-state index contributed by atoms with van der Waals surface area (Å²) in [5, 5.41) is 9.33. The van der Waals surface area contributed by atoms with Gasteiger partial charge in [0.2, 0.25) is 0 Å². The Kier molecular flexibility index (Phi) is 25.1. The van der Waals surface area contributed by atoms with Crippen LogP contribution in [0.3, 0.4) is 0 Å². The lowest BCUT2D eigenvalue weighted by atomic mass is 10.1. The van der Waals surface area contributed by atoms with Crippen LogP contribution in [0.1, 0.15) is 136 Å². The van der Waals surface area contributed by atoms with Crippen molar-refractivity contribution < 1.29 is 14.6 Å². The molecule has 0 spiro atoms. The van der Waals surface area contributed by atoms with Gasteiger partial charge in [-0.15, -0.1) is 0 Å². The Bertz CT molecular complexity index is 362. The second-order valence-electron chi connectivity index (χ2n) is 9.19. The molecule has 0 bridgehead atoms. The Morgan fingerprint density at radius 3 is 1.52 bits per heavy atom. The molecule has 4 nitrogen and oxygen atoms in total. The van der Waals surface area contributed by atoms with Gasteiger partial charge in [-0.3, -0.25) is 4.79 Å². The van der Waals surface area contributed by atoms with E-state index in [1.807, 2.05) is 6.92 Å². The van der Waals surface area contributed by atoms with Crippen molar-refractivity contribution in [1.82, 2.24) is 4.90 Å². The standard InChI is InChI=1S/C27H55NO3/c1-3-5-6-7-8-9-10-13-16-19-22-28(24-25-29)23-20-17-14-11-12-15-18-21-27(30)31-26-4-2/h29H,3-26H2,1-2H3. The minimum absolute atomic E-state index is 0.0340. The number of hydrogen-bond acceptors (Lipinski definition) is 4. The van der Waals surface area contributed by atoms with Gasteiger partial charge in [0.15, 0.2) is 0 Å². The van der Waals surface area contributed by atoms with Gasteiger partial charge in [0.1, 0.15) is 0 Å². The molecule has 186 valence electrons. The predicted molar refractivity (Wildman–Crippen MR) is 134 cm³/mol. The van der Waals surface area contributed by atoms with Crippen molar-refractivity contribution in [2.75, 3.05) is 32.8 Å². The lowest BCUT2D eigenvalue weighted by Gasteiger charge is -2.21. The third-order valence-corrected chi connectivity index (χ3v) is 6.07. The molecule has 0 aliphatic carbocycles. The number of ether oxygens (including phenoxy) is 1. The highest BCUT2D eigenvalue weighted by atomic mass is 16.5.